The molecular weight excluding hydrogens is 318 g/mol. The topological polar surface area (TPSA) is 30.3 Å². The Morgan fingerprint density at radius 2 is 1.96 bits per heavy atom. The molecular formula is C23H27N3. The number of likely N-dealkylation sites (N-methyl/N-ethyl adjacent to an activating group) is 1. The zero-order valence-corrected chi connectivity index (χ0v) is 15.8. The van der Waals surface area contributed by atoms with Crippen LogP contribution < -0.4 is 0 Å². The van der Waals surface area contributed by atoms with E-state index in [9.17, 15) is 0 Å². The Balaban J connectivity index is 1.45. The molecule has 0 aromatic heterocycles. The highest BCUT2D eigenvalue weighted by Crippen LogP contribution is 2.38. The minimum Gasteiger partial charge on any atom is -0.368 e. The first-order valence-electron chi connectivity index (χ1n) is 9.75. The minimum atomic E-state index is 0.512. The summed E-state index contributed by atoms with van der Waals surface area (Å²) < 4.78 is 0. The van der Waals surface area contributed by atoms with Gasteiger partial charge in [0.25, 0.3) is 0 Å². The lowest BCUT2D eigenvalue weighted by Crippen LogP contribution is -2.33. The first kappa shape index (κ1) is 17.1. The van der Waals surface area contributed by atoms with Crippen LogP contribution >= 0.6 is 0 Å². The quantitative estimate of drug-likeness (QED) is 0.813. The summed E-state index contributed by atoms with van der Waals surface area (Å²) in [7, 11) is 2.23. The number of fused-ring (bicyclic) bond motifs is 1. The van der Waals surface area contributed by atoms with Crippen LogP contribution in [0.25, 0.3) is 5.57 Å². The van der Waals surface area contributed by atoms with Crippen molar-refractivity contribution in [3.8, 4) is 6.07 Å². The summed E-state index contributed by atoms with van der Waals surface area (Å²) in [5.74, 6) is 0. The molecule has 1 saturated heterocycles. The molecule has 3 nitrogen and oxygen atoms in total. The molecule has 2 heterocycles. The monoisotopic (exact) mass is 345 g/mol. The van der Waals surface area contributed by atoms with Crippen molar-refractivity contribution in [3.63, 3.8) is 0 Å². The molecule has 1 aromatic rings. The average Bonchev–Trinajstić information content (AvgIpc) is 3.22. The summed E-state index contributed by atoms with van der Waals surface area (Å²) in [5, 5.41) is 8.97. The first-order chi connectivity index (χ1) is 12.7. The SMILES string of the molecule is C[C@@H]1CCCN1CCC1C=C2CC(c3ccc(C#N)cc3)=CC=C2N1C. The van der Waals surface area contributed by atoms with Gasteiger partial charge < -0.3 is 9.80 Å². The first-order valence-corrected chi connectivity index (χ1v) is 9.75. The molecule has 134 valence electrons. The number of allylic oxidation sites excluding steroid dienone is 4. The summed E-state index contributed by atoms with van der Waals surface area (Å²) in [6.45, 7) is 4.82. The number of benzene rings is 1. The molecule has 2 atom stereocenters. The molecule has 1 aliphatic carbocycles. The summed E-state index contributed by atoms with van der Waals surface area (Å²) >= 11 is 0. The van der Waals surface area contributed by atoms with Gasteiger partial charge in [-0.3, -0.25) is 0 Å². The van der Waals surface area contributed by atoms with Crippen molar-refractivity contribution in [1.29, 1.82) is 5.26 Å². The normalized spacial score (nSPS) is 25.4. The van der Waals surface area contributed by atoms with Crippen molar-refractivity contribution >= 4 is 5.57 Å². The van der Waals surface area contributed by atoms with Crippen LogP contribution in [0.1, 0.15) is 43.7 Å². The number of nitrogens with zero attached hydrogens (tertiary/aromatic N) is 3. The summed E-state index contributed by atoms with van der Waals surface area (Å²) in [6.07, 6.45) is 11.9. The van der Waals surface area contributed by atoms with Gasteiger partial charge in [0, 0.05) is 31.4 Å². The van der Waals surface area contributed by atoms with Crippen LogP contribution in [-0.2, 0) is 0 Å². The third kappa shape index (κ3) is 3.22. The van der Waals surface area contributed by atoms with Gasteiger partial charge in [-0.25, -0.2) is 0 Å². The predicted molar refractivity (Wildman–Crippen MR) is 106 cm³/mol. The van der Waals surface area contributed by atoms with Gasteiger partial charge >= 0.3 is 0 Å². The van der Waals surface area contributed by atoms with E-state index in [1.807, 2.05) is 12.1 Å². The fraction of sp³-hybridized carbons (Fsp3) is 0.435. The van der Waals surface area contributed by atoms with E-state index in [2.05, 4.69) is 60.2 Å². The van der Waals surface area contributed by atoms with E-state index in [0.29, 0.717) is 6.04 Å². The molecule has 3 aliphatic rings. The molecule has 1 unspecified atom stereocenters. The zero-order valence-electron chi connectivity index (χ0n) is 15.8. The van der Waals surface area contributed by atoms with Crippen molar-refractivity contribution in [2.24, 2.45) is 0 Å². The van der Waals surface area contributed by atoms with Gasteiger partial charge in [0.2, 0.25) is 0 Å². The van der Waals surface area contributed by atoms with Crippen LogP contribution in [0.4, 0.5) is 0 Å². The molecule has 0 bridgehead atoms. The second-order valence-corrected chi connectivity index (χ2v) is 7.80. The Bertz CT molecular complexity index is 807. The highest BCUT2D eigenvalue weighted by atomic mass is 15.2. The Labute approximate surface area is 156 Å². The number of hydrogen-bond acceptors (Lipinski definition) is 3. The Kier molecular flexibility index (Phi) is 4.70. The predicted octanol–water partition coefficient (Wildman–Crippen LogP) is 4.34. The van der Waals surface area contributed by atoms with Crippen LogP contribution in [0, 0.1) is 11.3 Å². The molecule has 26 heavy (non-hydrogen) atoms. The molecule has 0 amide bonds. The van der Waals surface area contributed by atoms with Gasteiger partial charge in [0.05, 0.1) is 11.6 Å². The maximum Gasteiger partial charge on any atom is 0.0991 e. The van der Waals surface area contributed by atoms with Gasteiger partial charge in [-0.2, -0.15) is 5.26 Å². The molecule has 2 aliphatic heterocycles. The number of likely N-dealkylation sites (tertiary alicyclic amines) is 1. The molecule has 0 N–H and O–H groups in total. The van der Waals surface area contributed by atoms with E-state index >= 15 is 0 Å². The van der Waals surface area contributed by atoms with Crippen molar-refractivity contribution in [2.75, 3.05) is 20.1 Å². The van der Waals surface area contributed by atoms with Crippen LogP contribution in [0.3, 0.4) is 0 Å². The molecule has 1 aromatic carbocycles. The van der Waals surface area contributed by atoms with Gasteiger partial charge in [-0.1, -0.05) is 24.3 Å². The van der Waals surface area contributed by atoms with Gasteiger partial charge in [0.15, 0.2) is 0 Å². The zero-order chi connectivity index (χ0) is 18.1. The molecule has 1 fully saturated rings. The number of rotatable bonds is 4. The second-order valence-electron chi connectivity index (χ2n) is 7.80. The molecule has 0 radical (unpaired) electrons. The Hall–Kier alpha value is -2.31. The van der Waals surface area contributed by atoms with Gasteiger partial charge in [0.1, 0.15) is 0 Å². The molecule has 0 saturated carbocycles. The average molecular weight is 345 g/mol. The Morgan fingerprint density at radius 1 is 1.15 bits per heavy atom. The van der Waals surface area contributed by atoms with E-state index in [4.69, 9.17) is 5.26 Å². The van der Waals surface area contributed by atoms with Crippen LogP contribution in [0.15, 0.2) is 53.8 Å². The highest BCUT2D eigenvalue weighted by Gasteiger charge is 2.29. The lowest BCUT2D eigenvalue weighted by atomic mass is 9.92. The molecule has 0 spiro atoms. The summed E-state index contributed by atoms with van der Waals surface area (Å²) in [4.78, 5) is 5.09. The van der Waals surface area contributed by atoms with Crippen LogP contribution in [0.2, 0.25) is 0 Å². The number of nitriles is 1. The maximum atomic E-state index is 8.97. The smallest absolute Gasteiger partial charge is 0.0991 e. The van der Waals surface area contributed by atoms with E-state index in [1.54, 1.807) is 0 Å². The van der Waals surface area contributed by atoms with Crippen LogP contribution in [-0.4, -0.2) is 42.0 Å². The molecule has 3 heteroatoms. The minimum absolute atomic E-state index is 0.512. The second kappa shape index (κ2) is 7.13. The van der Waals surface area contributed by atoms with Crippen molar-refractivity contribution in [3.05, 3.63) is 64.9 Å². The van der Waals surface area contributed by atoms with Crippen LogP contribution in [0.5, 0.6) is 0 Å². The van der Waals surface area contributed by atoms with E-state index < -0.39 is 0 Å². The van der Waals surface area contributed by atoms with Crippen molar-refractivity contribution in [1.82, 2.24) is 9.80 Å². The highest BCUT2D eigenvalue weighted by molar-refractivity contribution is 5.73. The Morgan fingerprint density at radius 3 is 2.65 bits per heavy atom. The number of hydrogen-bond donors (Lipinski definition) is 0. The van der Waals surface area contributed by atoms with Gasteiger partial charge in [-0.15, -0.1) is 0 Å². The standard InChI is InChI=1S/C23H27N3/c1-17-4-3-12-26(17)13-11-22-15-21-14-20(9-10-23(21)25(22)2)19-7-5-18(16-24)6-8-19/h5-10,15,17,22H,3-4,11-14H2,1-2H3/t17-,22?/m1/s1. The van der Waals surface area contributed by atoms with Gasteiger partial charge in [-0.05, 0) is 74.1 Å². The van der Waals surface area contributed by atoms with E-state index in [1.165, 1.54) is 54.8 Å². The van der Waals surface area contributed by atoms with E-state index in [0.717, 1.165) is 18.0 Å². The lowest BCUT2D eigenvalue weighted by molar-refractivity contribution is 0.239. The largest absolute Gasteiger partial charge is 0.368 e. The summed E-state index contributed by atoms with van der Waals surface area (Å²) in [6, 6.07) is 11.4. The summed E-state index contributed by atoms with van der Waals surface area (Å²) in [5.41, 5.74) is 6.11. The fourth-order valence-corrected chi connectivity index (χ4v) is 4.51. The maximum absolute atomic E-state index is 8.97. The molecule has 4 rings (SSSR count). The van der Waals surface area contributed by atoms with Crippen molar-refractivity contribution in [2.45, 2.75) is 44.7 Å². The third-order valence-electron chi connectivity index (χ3n) is 6.21. The third-order valence-corrected chi connectivity index (χ3v) is 6.21. The lowest BCUT2D eigenvalue weighted by Gasteiger charge is -2.28. The van der Waals surface area contributed by atoms with E-state index in [-0.39, 0.29) is 0 Å². The van der Waals surface area contributed by atoms with Crippen molar-refractivity contribution < 1.29 is 0 Å². The fourth-order valence-electron chi connectivity index (χ4n) is 4.51.